The summed E-state index contributed by atoms with van der Waals surface area (Å²) in [4.78, 5) is 24.5. The van der Waals surface area contributed by atoms with E-state index in [0.717, 1.165) is 19.3 Å². The summed E-state index contributed by atoms with van der Waals surface area (Å²) in [5.74, 6) is -0.0328. The van der Waals surface area contributed by atoms with Crippen molar-refractivity contribution in [1.29, 1.82) is 0 Å². The van der Waals surface area contributed by atoms with Crippen LogP contribution < -0.4 is 0 Å². The number of amides is 1. The maximum atomic E-state index is 12.5. The van der Waals surface area contributed by atoms with E-state index in [1.807, 2.05) is 4.90 Å². The first-order chi connectivity index (χ1) is 9.00. The second-order valence-electron chi connectivity index (χ2n) is 5.15. The molecule has 1 heterocycles. The summed E-state index contributed by atoms with van der Waals surface area (Å²) < 4.78 is 0. The van der Waals surface area contributed by atoms with Gasteiger partial charge in [-0.25, -0.2) is 0 Å². The Balaban J connectivity index is 2.20. The molecule has 102 valence electrons. The molecule has 1 amide bonds. The summed E-state index contributed by atoms with van der Waals surface area (Å²) in [6, 6.07) is 6.29. The Kier molecular flexibility index (Phi) is 3.83. The number of benzene rings is 1. The van der Waals surface area contributed by atoms with Crippen LogP contribution in [0.15, 0.2) is 24.3 Å². The summed E-state index contributed by atoms with van der Waals surface area (Å²) in [5, 5.41) is 10.6. The number of likely N-dealkylation sites (tertiary alicyclic amines) is 1. The molecule has 0 radical (unpaired) electrons. The molecule has 0 unspecified atom stereocenters. The molecule has 0 aromatic heterocycles. The van der Waals surface area contributed by atoms with Gasteiger partial charge in [-0.3, -0.25) is 14.9 Å². The van der Waals surface area contributed by atoms with E-state index in [1.54, 1.807) is 0 Å². The van der Waals surface area contributed by atoms with Crippen molar-refractivity contribution >= 4 is 11.6 Å². The number of piperidine rings is 1. The van der Waals surface area contributed by atoms with Crippen LogP contribution in [-0.2, 0) is 0 Å². The molecule has 1 fully saturated rings. The topological polar surface area (TPSA) is 63.5 Å². The Hall–Kier alpha value is -1.91. The molecule has 1 aromatic carbocycles. The first-order valence-electron chi connectivity index (χ1n) is 6.58. The van der Waals surface area contributed by atoms with Crippen molar-refractivity contribution in [3.63, 3.8) is 0 Å². The number of carbonyl (C=O) groups is 1. The SMILES string of the molecule is C[C@H]1CCC[C@H](C)N1C(=O)c1ccc([N+](=O)[O-])cc1. The lowest BCUT2D eigenvalue weighted by Gasteiger charge is -2.39. The van der Waals surface area contributed by atoms with Crippen LogP contribution in [0.5, 0.6) is 0 Å². The third-order valence-corrected chi connectivity index (χ3v) is 3.75. The number of nitro groups is 1. The van der Waals surface area contributed by atoms with Crippen LogP contribution in [-0.4, -0.2) is 27.8 Å². The predicted octanol–water partition coefficient (Wildman–Crippen LogP) is 3.00. The summed E-state index contributed by atoms with van der Waals surface area (Å²) in [6.45, 7) is 4.11. The van der Waals surface area contributed by atoms with Crippen LogP contribution in [0.1, 0.15) is 43.5 Å². The van der Waals surface area contributed by atoms with Crippen molar-refractivity contribution in [3.05, 3.63) is 39.9 Å². The van der Waals surface area contributed by atoms with Gasteiger partial charge in [0.05, 0.1) is 4.92 Å². The van der Waals surface area contributed by atoms with Crippen LogP contribution in [0.25, 0.3) is 0 Å². The van der Waals surface area contributed by atoms with E-state index in [1.165, 1.54) is 24.3 Å². The molecule has 0 bridgehead atoms. The average Bonchev–Trinajstić information content (AvgIpc) is 2.38. The lowest BCUT2D eigenvalue weighted by molar-refractivity contribution is -0.384. The van der Waals surface area contributed by atoms with E-state index in [9.17, 15) is 14.9 Å². The Labute approximate surface area is 112 Å². The van der Waals surface area contributed by atoms with Crippen molar-refractivity contribution < 1.29 is 9.72 Å². The highest BCUT2D eigenvalue weighted by Gasteiger charge is 2.29. The third kappa shape index (κ3) is 2.75. The fraction of sp³-hybridized carbons (Fsp3) is 0.500. The minimum absolute atomic E-state index is 0.0105. The highest BCUT2D eigenvalue weighted by atomic mass is 16.6. The Morgan fingerprint density at radius 1 is 1.21 bits per heavy atom. The van der Waals surface area contributed by atoms with E-state index in [0.29, 0.717) is 5.56 Å². The number of nitro benzene ring substituents is 1. The molecule has 1 aliphatic rings. The third-order valence-electron chi connectivity index (χ3n) is 3.75. The van der Waals surface area contributed by atoms with Crippen LogP contribution in [0.4, 0.5) is 5.69 Å². The van der Waals surface area contributed by atoms with Crippen molar-refractivity contribution in [2.24, 2.45) is 0 Å². The summed E-state index contributed by atoms with van der Waals surface area (Å²) >= 11 is 0. The summed E-state index contributed by atoms with van der Waals surface area (Å²) in [7, 11) is 0. The van der Waals surface area contributed by atoms with Gasteiger partial charge in [-0.05, 0) is 45.2 Å². The Morgan fingerprint density at radius 2 is 1.74 bits per heavy atom. The molecule has 1 saturated heterocycles. The van der Waals surface area contributed by atoms with Crippen molar-refractivity contribution in [2.75, 3.05) is 0 Å². The number of carbonyl (C=O) groups excluding carboxylic acids is 1. The summed E-state index contributed by atoms with van der Waals surface area (Å²) in [5.41, 5.74) is 0.530. The number of hydrogen-bond acceptors (Lipinski definition) is 3. The maximum absolute atomic E-state index is 12.5. The number of rotatable bonds is 2. The van der Waals surface area contributed by atoms with Gasteiger partial charge in [0.15, 0.2) is 0 Å². The minimum atomic E-state index is -0.458. The van der Waals surface area contributed by atoms with Crippen molar-refractivity contribution in [3.8, 4) is 0 Å². The van der Waals surface area contributed by atoms with Gasteiger partial charge in [-0.15, -0.1) is 0 Å². The van der Waals surface area contributed by atoms with E-state index < -0.39 is 4.92 Å². The highest BCUT2D eigenvalue weighted by Crippen LogP contribution is 2.25. The van der Waals surface area contributed by atoms with Gasteiger partial charge in [0.1, 0.15) is 0 Å². The molecule has 0 aliphatic carbocycles. The minimum Gasteiger partial charge on any atom is -0.333 e. The number of non-ortho nitro benzene ring substituents is 1. The molecular weight excluding hydrogens is 244 g/mol. The Morgan fingerprint density at radius 3 is 2.21 bits per heavy atom. The Bertz CT molecular complexity index is 474. The molecule has 5 nitrogen and oxygen atoms in total. The predicted molar refractivity (Wildman–Crippen MR) is 72.0 cm³/mol. The van der Waals surface area contributed by atoms with Gasteiger partial charge < -0.3 is 4.90 Å². The molecule has 0 spiro atoms. The van der Waals surface area contributed by atoms with Crippen LogP contribution >= 0.6 is 0 Å². The zero-order valence-corrected chi connectivity index (χ0v) is 11.2. The summed E-state index contributed by atoms with van der Waals surface area (Å²) in [6.07, 6.45) is 3.18. The molecule has 1 aliphatic heterocycles. The molecule has 19 heavy (non-hydrogen) atoms. The molecular formula is C14H18N2O3. The van der Waals surface area contributed by atoms with Gasteiger partial charge in [0, 0.05) is 29.8 Å². The van der Waals surface area contributed by atoms with E-state index >= 15 is 0 Å². The van der Waals surface area contributed by atoms with Gasteiger partial charge in [0.25, 0.3) is 11.6 Å². The maximum Gasteiger partial charge on any atom is 0.269 e. The second-order valence-corrected chi connectivity index (χ2v) is 5.15. The smallest absolute Gasteiger partial charge is 0.269 e. The van der Waals surface area contributed by atoms with Gasteiger partial charge in [-0.1, -0.05) is 0 Å². The van der Waals surface area contributed by atoms with E-state index in [2.05, 4.69) is 13.8 Å². The van der Waals surface area contributed by atoms with Crippen LogP contribution in [0.3, 0.4) is 0 Å². The first kappa shape index (κ1) is 13.5. The van der Waals surface area contributed by atoms with Gasteiger partial charge in [-0.2, -0.15) is 0 Å². The molecule has 2 rings (SSSR count). The largest absolute Gasteiger partial charge is 0.333 e. The van der Waals surface area contributed by atoms with Crippen LogP contribution in [0, 0.1) is 10.1 Å². The van der Waals surface area contributed by atoms with Crippen LogP contribution in [0.2, 0.25) is 0 Å². The van der Waals surface area contributed by atoms with Crippen molar-refractivity contribution in [2.45, 2.75) is 45.2 Å². The van der Waals surface area contributed by atoms with E-state index in [-0.39, 0.29) is 23.7 Å². The number of hydrogen-bond donors (Lipinski definition) is 0. The zero-order valence-electron chi connectivity index (χ0n) is 11.2. The molecule has 1 aromatic rings. The lowest BCUT2D eigenvalue weighted by Crippen LogP contribution is -2.47. The molecule has 2 atom stereocenters. The van der Waals surface area contributed by atoms with Gasteiger partial charge in [0.2, 0.25) is 0 Å². The molecule has 0 saturated carbocycles. The lowest BCUT2D eigenvalue weighted by atomic mass is 9.96. The zero-order chi connectivity index (χ0) is 14.0. The average molecular weight is 262 g/mol. The molecule has 0 N–H and O–H groups in total. The van der Waals surface area contributed by atoms with Gasteiger partial charge >= 0.3 is 0 Å². The fourth-order valence-electron chi connectivity index (χ4n) is 2.70. The number of nitrogens with zero attached hydrogens (tertiary/aromatic N) is 2. The molecule has 5 heteroatoms. The monoisotopic (exact) mass is 262 g/mol. The normalized spacial score (nSPS) is 23.2. The fourth-order valence-corrected chi connectivity index (χ4v) is 2.70. The second kappa shape index (κ2) is 5.38. The van der Waals surface area contributed by atoms with Crippen molar-refractivity contribution in [1.82, 2.24) is 4.90 Å². The standard InChI is InChI=1S/C14H18N2O3/c1-10-4-3-5-11(2)15(10)14(17)12-6-8-13(9-7-12)16(18)19/h6-11H,3-5H2,1-2H3/t10-,11-/m0/s1. The first-order valence-corrected chi connectivity index (χ1v) is 6.58. The van der Waals surface area contributed by atoms with E-state index in [4.69, 9.17) is 0 Å². The highest BCUT2D eigenvalue weighted by molar-refractivity contribution is 5.94. The quantitative estimate of drug-likeness (QED) is 0.608.